The second-order valence-electron chi connectivity index (χ2n) is 7.51. The molecule has 7 heteroatoms. The lowest BCUT2D eigenvalue weighted by molar-refractivity contribution is -0.116. The van der Waals surface area contributed by atoms with Crippen LogP contribution < -0.4 is 10.9 Å². The van der Waals surface area contributed by atoms with Gasteiger partial charge in [-0.05, 0) is 41.0 Å². The highest BCUT2D eigenvalue weighted by molar-refractivity contribution is 9.10. The number of benzene rings is 3. The maximum absolute atomic E-state index is 13.2. The molecule has 0 aliphatic carbocycles. The Balaban J connectivity index is 1.43. The van der Waals surface area contributed by atoms with Gasteiger partial charge in [0.1, 0.15) is 11.4 Å². The van der Waals surface area contributed by atoms with Crippen LogP contribution in [0.15, 0.2) is 99.8 Å². The standard InChI is InChI=1S/C26H18BrN3O2S/c27-20-10-12-21(13-11-20)29-23(31)14-30-16-28-25-24(26(30)32)22(15-33-25)19-8-6-18(7-9-19)17-4-2-1-3-5-17/h1-13,15-16H,14H2,(H,29,31). The molecule has 0 atom stereocenters. The molecule has 5 rings (SSSR count). The van der Waals surface area contributed by atoms with Crippen molar-refractivity contribution in [2.24, 2.45) is 0 Å². The first kappa shape index (κ1) is 21.3. The summed E-state index contributed by atoms with van der Waals surface area (Å²) < 4.78 is 2.28. The molecule has 2 heterocycles. The molecule has 33 heavy (non-hydrogen) atoms. The van der Waals surface area contributed by atoms with Crippen LogP contribution in [0.3, 0.4) is 0 Å². The summed E-state index contributed by atoms with van der Waals surface area (Å²) in [5.74, 6) is -0.287. The van der Waals surface area contributed by atoms with Crippen LogP contribution in [-0.2, 0) is 11.3 Å². The van der Waals surface area contributed by atoms with Gasteiger partial charge in [0.25, 0.3) is 5.56 Å². The Morgan fingerprint density at radius 3 is 2.30 bits per heavy atom. The van der Waals surface area contributed by atoms with E-state index >= 15 is 0 Å². The van der Waals surface area contributed by atoms with E-state index in [1.54, 1.807) is 12.1 Å². The van der Waals surface area contributed by atoms with Crippen molar-refractivity contribution in [2.45, 2.75) is 6.54 Å². The number of carbonyl (C=O) groups is 1. The van der Waals surface area contributed by atoms with Crippen molar-refractivity contribution in [1.29, 1.82) is 0 Å². The molecule has 0 fully saturated rings. The molecule has 5 aromatic rings. The normalized spacial score (nSPS) is 10.9. The van der Waals surface area contributed by atoms with Gasteiger partial charge in [0.15, 0.2) is 0 Å². The number of fused-ring (bicyclic) bond motifs is 1. The minimum absolute atomic E-state index is 0.111. The fourth-order valence-electron chi connectivity index (χ4n) is 3.65. The molecule has 3 aromatic carbocycles. The van der Waals surface area contributed by atoms with E-state index in [2.05, 4.69) is 50.5 Å². The van der Waals surface area contributed by atoms with E-state index in [-0.39, 0.29) is 18.0 Å². The molecular formula is C26H18BrN3O2S. The predicted molar refractivity (Wildman–Crippen MR) is 138 cm³/mol. The number of nitrogens with one attached hydrogen (secondary N) is 1. The number of nitrogens with zero attached hydrogens (tertiary/aromatic N) is 2. The molecule has 0 saturated carbocycles. The summed E-state index contributed by atoms with van der Waals surface area (Å²) >= 11 is 4.80. The largest absolute Gasteiger partial charge is 0.325 e. The van der Waals surface area contributed by atoms with Crippen LogP contribution in [0.4, 0.5) is 5.69 Å². The maximum atomic E-state index is 13.2. The van der Waals surface area contributed by atoms with Crippen molar-refractivity contribution in [3.63, 3.8) is 0 Å². The third-order valence-electron chi connectivity index (χ3n) is 5.31. The fraction of sp³-hybridized carbons (Fsp3) is 0.0385. The van der Waals surface area contributed by atoms with E-state index in [9.17, 15) is 9.59 Å². The molecule has 0 saturated heterocycles. The van der Waals surface area contributed by atoms with Gasteiger partial charge in [-0.25, -0.2) is 4.98 Å². The van der Waals surface area contributed by atoms with E-state index in [0.717, 1.165) is 26.7 Å². The summed E-state index contributed by atoms with van der Waals surface area (Å²) in [6, 6.07) is 25.6. The Kier molecular flexibility index (Phi) is 5.90. The highest BCUT2D eigenvalue weighted by atomic mass is 79.9. The third-order valence-corrected chi connectivity index (χ3v) is 6.72. The second kappa shape index (κ2) is 9.13. The molecule has 0 spiro atoms. The number of anilines is 1. The van der Waals surface area contributed by atoms with Crippen molar-refractivity contribution in [3.05, 3.63) is 105 Å². The Bertz CT molecular complexity index is 1490. The quantitative estimate of drug-likeness (QED) is 0.303. The summed E-state index contributed by atoms with van der Waals surface area (Å²) in [6.45, 7) is -0.111. The Morgan fingerprint density at radius 2 is 1.58 bits per heavy atom. The summed E-state index contributed by atoms with van der Waals surface area (Å²) in [6.07, 6.45) is 1.44. The van der Waals surface area contributed by atoms with E-state index < -0.39 is 0 Å². The molecule has 0 radical (unpaired) electrons. The van der Waals surface area contributed by atoms with Crippen molar-refractivity contribution in [2.75, 3.05) is 5.32 Å². The highest BCUT2D eigenvalue weighted by Gasteiger charge is 2.15. The zero-order valence-corrected chi connectivity index (χ0v) is 19.8. The second-order valence-corrected chi connectivity index (χ2v) is 9.28. The van der Waals surface area contributed by atoms with Crippen LogP contribution in [-0.4, -0.2) is 15.5 Å². The number of hydrogen-bond donors (Lipinski definition) is 1. The minimum atomic E-state index is -0.287. The zero-order valence-electron chi connectivity index (χ0n) is 17.4. The number of rotatable bonds is 5. The Labute approximate surface area is 202 Å². The lowest BCUT2D eigenvalue weighted by atomic mass is 10.0. The van der Waals surface area contributed by atoms with Gasteiger partial charge in [-0.3, -0.25) is 14.2 Å². The van der Waals surface area contributed by atoms with E-state index in [4.69, 9.17) is 0 Å². The van der Waals surface area contributed by atoms with Gasteiger partial charge >= 0.3 is 0 Å². The third kappa shape index (κ3) is 4.51. The molecule has 1 N–H and O–H groups in total. The lowest BCUT2D eigenvalue weighted by Gasteiger charge is -2.08. The molecular weight excluding hydrogens is 498 g/mol. The van der Waals surface area contributed by atoms with E-state index in [1.807, 2.05) is 47.8 Å². The number of carbonyl (C=O) groups excluding carboxylic acids is 1. The molecule has 5 nitrogen and oxygen atoms in total. The van der Waals surface area contributed by atoms with Crippen LogP contribution in [0.25, 0.3) is 32.5 Å². The average Bonchev–Trinajstić information content (AvgIpc) is 3.28. The number of thiophene rings is 1. The Hall–Kier alpha value is -3.55. The van der Waals surface area contributed by atoms with Crippen molar-refractivity contribution in [3.8, 4) is 22.3 Å². The molecule has 0 aliphatic heterocycles. The summed E-state index contributed by atoms with van der Waals surface area (Å²) in [5.41, 5.74) is 4.46. The smallest absolute Gasteiger partial charge is 0.263 e. The Morgan fingerprint density at radius 1 is 0.909 bits per heavy atom. The van der Waals surface area contributed by atoms with Crippen LogP contribution in [0.5, 0.6) is 0 Å². The van der Waals surface area contributed by atoms with Crippen LogP contribution >= 0.6 is 27.3 Å². The first-order valence-corrected chi connectivity index (χ1v) is 11.9. The molecule has 1 amide bonds. The maximum Gasteiger partial charge on any atom is 0.263 e. The molecule has 0 aliphatic rings. The van der Waals surface area contributed by atoms with Gasteiger partial charge in [0.2, 0.25) is 5.91 Å². The molecule has 162 valence electrons. The lowest BCUT2D eigenvalue weighted by Crippen LogP contribution is -2.27. The summed E-state index contributed by atoms with van der Waals surface area (Å²) in [4.78, 5) is 30.8. The van der Waals surface area contributed by atoms with Gasteiger partial charge in [-0.1, -0.05) is 70.5 Å². The van der Waals surface area contributed by atoms with Gasteiger partial charge in [0, 0.05) is 21.1 Å². The first-order chi connectivity index (χ1) is 16.1. The van der Waals surface area contributed by atoms with Gasteiger partial charge in [0.05, 0.1) is 11.7 Å². The number of halogens is 1. The van der Waals surface area contributed by atoms with Crippen LogP contribution in [0.2, 0.25) is 0 Å². The summed E-state index contributed by atoms with van der Waals surface area (Å²) in [5, 5.41) is 5.29. The van der Waals surface area contributed by atoms with Crippen molar-refractivity contribution >= 4 is 49.1 Å². The minimum Gasteiger partial charge on any atom is -0.325 e. The van der Waals surface area contributed by atoms with Crippen molar-refractivity contribution < 1.29 is 4.79 Å². The van der Waals surface area contributed by atoms with Gasteiger partial charge in [-0.15, -0.1) is 11.3 Å². The SMILES string of the molecule is O=C(Cn1cnc2scc(-c3ccc(-c4ccccc4)cc3)c2c1=O)Nc1ccc(Br)cc1. The van der Waals surface area contributed by atoms with Crippen LogP contribution in [0, 0.1) is 0 Å². The van der Waals surface area contributed by atoms with Gasteiger partial charge in [-0.2, -0.15) is 0 Å². The first-order valence-electron chi connectivity index (χ1n) is 10.3. The zero-order chi connectivity index (χ0) is 22.8. The number of amides is 1. The molecule has 0 unspecified atom stereocenters. The predicted octanol–water partition coefficient (Wildman–Crippen LogP) is 6.19. The number of aromatic nitrogens is 2. The number of hydrogen-bond acceptors (Lipinski definition) is 4. The monoisotopic (exact) mass is 515 g/mol. The fourth-order valence-corrected chi connectivity index (χ4v) is 4.82. The highest BCUT2D eigenvalue weighted by Crippen LogP contribution is 2.32. The van der Waals surface area contributed by atoms with E-state index in [0.29, 0.717) is 15.9 Å². The topological polar surface area (TPSA) is 64.0 Å². The van der Waals surface area contributed by atoms with Crippen molar-refractivity contribution in [1.82, 2.24) is 9.55 Å². The summed E-state index contributed by atoms with van der Waals surface area (Å²) in [7, 11) is 0. The average molecular weight is 516 g/mol. The molecule has 0 bridgehead atoms. The van der Waals surface area contributed by atoms with E-state index in [1.165, 1.54) is 22.2 Å². The van der Waals surface area contributed by atoms with Gasteiger partial charge < -0.3 is 5.32 Å². The molecule has 2 aromatic heterocycles. The van der Waals surface area contributed by atoms with Crippen LogP contribution in [0.1, 0.15) is 0 Å².